The maximum Gasteiger partial charge on any atom is 0.573 e. The second-order valence-corrected chi connectivity index (χ2v) is 9.41. The third-order valence-electron chi connectivity index (χ3n) is 6.89. The predicted octanol–water partition coefficient (Wildman–Crippen LogP) is 4.61. The van der Waals surface area contributed by atoms with Crippen LogP contribution in [0.4, 0.5) is 17.6 Å². The van der Waals surface area contributed by atoms with Gasteiger partial charge in [0.1, 0.15) is 11.6 Å². The van der Waals surface area contributed by atoms with Crippen molar-refractivity contribution < 1.29 is 31.6 Å². The van der Waals surface area contributed by atoms with Gasteiger partial charge >= 0.3 is 6.36 Å². The standard InChI is InChI=1S/C25H24F4N4O3/c26-19-3-1-2-16(11-19)21-31-22(36-32-21)18-10-17(12-33(13-18)23(34)24(14-30)8-9-24)15-4-6-20(7-5-15)35-25(27,28)29/h1-7,11,17-18H,8-10,12-14,30H2. The Hall–Kier alpha value is -3.47. The van der Waals surface area contributed by atoms with E-state index in [1.807, 2.05) is 0 Å². The molecular weight excluding hydrogens is 480 g/mol. The molecule has 5 rings (SSSR count). The number of likely N-dealkylation sites (tertiary alicyclic amines) is 1. The Bertz CT molecular complexity index is 1240. The molecule has 2 aliphatic rings. The van der Waals surface area contributed by atoms with Crippen LogP contribution in [-0.2, 0) is 4.79 Å². The molecule has 1 amide bonds. The number of nitrogens with zero attached hydrogens (tertiary/aromatic N) is 3. The molecule has 1 saturated heterocycles. The summed E-state index contributed by atoms with van der Waals surface area (Å²) in [5, 5.41) is 3.99. The molecular formula is C25H24F4N4O3. The number of carbonyl (C=O) groups excluding carboxylic acids is 1. The van der Waals surface area contributed by atoms with Crippen molar-refractivity contribution in [1.29, 1.82) is 0 Å². The van der Waals surface area contributed by atoms with E-state index in [9.17, 15) is 22.4 Å². The maximum absolute atomic E-state index is 13.7. The van der Waals surface area contributed by atoms with E-state index in [0.717, 1.165) is 18.4 Å². The number of ether oxygens (including phenoxy) is 1. The zero-order valence-electron chi connectivity index (χ0n) is 19.2. The lowest BCUT2D eigenvalue weighted by molar-refractivity contribution is -0.274. The first-order valence-electron chi connectivity index (χ1n) is 11.6. The molecule has 1 saturated carbocycles. The lowest BCUT2D eigenvalue weighted by atomic mass is 9.83. The molecule has 2 heterocycles. The highest BCUT2D eigenvalue weighted by molar-refractivity contribution is 5.86. The van der Waals surface area contributed by atoms with Crippen LogP contribution in [0.15, 0.2) is 53.1 Å². The van der Waals surface area contributed by atoms with Crippen molar-refractivity contribution in [3.8, 4) is 17.1 Å². The van der Waals surface area contributed by atoms with Crippen LogP contribution in [0.2, 0.25) is 0 Å². The molecule has 190 valence electrons. The number of aromatic nitrogens is 2. The minimum absolute atomic E-state index is 0.0402. The molecule has 0 radical (unpaired) electrons. The summed E-state index contributed by atoms with van der Waals surface area (Å²) >= 11 is 0. The van der Waals surface area contributed by atoms with E-state index >= 15 is 0 Å². The summed E-state index contributed by atoms with van der Waals surface area (Å²) in [6.07, 6.45) is -2.80. The van der Waals surface area contributed by atoms with E-state index in [1.54, 1.807) is 29.2 Å². The van der Waals surface area contributed by atoms with E-state index in [4.69, 9.17) is 10.3 Å². The summed E-state index contributed by atoms with van der Waals surface area (Å²) in [4.78, 5) is 19.5. The summed E-state index contributed by atoms with van der Waals surface area (Å²) in [5.74, 6) is -0.745. The molecule has 2 aromatic carbocycles. The molecule has 36 heavy (non-hydrogen) atoms. The molecule has 2 fully saturated rings. The molecule has 0 spiro atoms. The number of halogens is 4. The number of piperidine rings is 1. The van der Waals surface area contributed by atoms with Crippen LogP contribution < -0.4 is 10.5 Å². The van der Waals surface area contributed by atoms with Crippen LogP contribution in [-0.4, -0.2) is 46.9 Å². The van der Waals surface area contributed by atoms with Crippen LogP contribution in [0.25, 0.3) is 11.4 Å². The second-order valence-electron chi connectivity index (χ2n) is 9.41. The zero-order chi connectivity index (χ0) is 25.5. The quantitative estimate of drug-likeness (QED) is 0.493. The molecule has 1 aliphatic carbocycles. The SMILES string of the molecule is NCC1(C(=O)N2CC(c3ccc(OC(F)(F)F)cc3)CC(c3nc(-c4cccc(F)c4)no3)C2)CC1. The monoisotopic (exact) mass is 504 g/mol. The molecule has 2 atom stereocenters. The first-order valence-corrected chi connectivity index (χ1v) is 11.6. The van der Waals surface area contributed by atoms with Gasteiger partial charge in [-0.3, -0.25) is 4.79 Å². The summed E-state index contributed by atoms with van der Waals surface area (Å²) in [6.45, 7) is 0.990. The van der Waals surface area contributed by atoms with Crippen molar-refractivity contribution in [3.05, 3.63) is 65.8 Å². The van der Waals surface area contributed by atoms with Crippen LogP contribution in [0.3, 0.4) is 0 Å². The number of nitrogens with two attached hydrogens (primary N) is 1. The van der Waals surface area contributed by atoms with Gasteiger partial charge in [-0.1, -0.05) is 29.4 Å². The fourth-order valence-corrected chi connectivity index (χ4v) is 4.76. The first kappa shape index (κ1) is 24.2. The smallest absolute Gasteiger partial charge is 0.406 e. The Morgan fingerprint density at radius 1 is 1.14 bits per heavy atom. The Morgan fingerprint density at radius 2 is 1.86 bits per heavy atom. The van der Waals surface area contributed by atoms with E-state index < -0.39 is 17.6 Å². The van der Waals surface area contributed by atoms with Gasteiger partial charge in [0.2, 0.25) is 17.6 Å². The lowest BCUT2D eigenvalue weighted by Gasteiger charge is -2.38. The lowest BCUT2D eigenvalue weighted by Crippen LogP contribution is -2.47. The van der Waals surface area contributed by atoms with Crippen LogP contribution in [0.5, 0.6) is 5.75 Å². The molecule has 2 unspecified atom stereocenters. The van der Waals surface area contributed by atoms with Gasteiger partial charge in [0.15, 0.2) is 0 Å². The number of hydrogen-bond acceptors (Lipinski definition) is 6. The van der Waals surface area contributed by atoms with Crippen molar-refractivity contribution in [2.75, 3.05) is 19.6 Å². The van der Waals surface area contributed by atoms with E-state index in [0.29, 0.717) is 31.0 Å². The average Bonchev–Trinajstić information content (AvgIpc) is 3.50. The minimum Gasteiger partial charge on any atom is -0.406 e. The first-order chi connectivity index (χ1) is 17.2. The highest BCUT2D eigenvalue weighted by atomic mass is 19.4. The molecule has 3 aromatic rings. The molecule has 11 heteroatoms. The molecule has 2 N–H and O–H groups in total. The van der Waals surface area contributed by atoms with Gasteiger partial charge in [-0.2, -0.15) is 4.98 Å². The van der Waals surface area contributed by atoms with Crippen molar-refractivity contribution in [2.24, 2.45) is 11.1 Å². The summed E-state index contributed by atoms with van der Waals surface area (Å²) < 4.78 is 60.8. The van der Waals surface area contributed by atoms with Gasteiger partial charge in [-0.05, 0) is 49.1 Å². The Labute approximate surface area is 204 Å². The van der Waals surface area contributed by atoms with E-state index in [-0.39, 0.29) is 35.9 Å². The minimum atomic E-state index is -4.78. The summed E-state index contributed by atoms with van der Waals surface area (Å²) in [6, 6.07) is 11.5. The number of amides is 1. The predicted molar refractivity (Wildman–Crippen MR) is 120 cm³/mol. The van der Waals surface area contributed by atoms with Crippen molar-refractivity contribution in [2.45, 2.75) is 37.5 Å². The zero-order valence-corrected chi connectivity index (χ0v) is 19.2. The number of alkyl halides is 3. The highest BCUT2D eigenvalue weighted by Crippen LogP contribution is 2.48. The molecule has 0 bridgehead atoms. The number of rotatable bonds is 6. The molecule has 1 aliphatic heterocycles. The Kier molecular flexibility index (Phi) is 6.19. The van der Waals surface area contributed by atoms with Crippen LogP contribution in [0.1, 0.15) is 42.6 Å². The van der Waals surface area contributed by atoms with Gasteiger partial charge in [-0.25, -0.2) is 4.39 Å². The molecule has 7 nitrogen and oxygen atoms in total. The van der Waals surface area contributed by atoms with Gasteiger partial charge < -0.3 is 19.9 Å². The largest absolute Gasteiger partial charge is 0.573 e. The highest BCUT2D eigenvalue weighted by Gasteiger charge is 2.52. The fourth-order valence-electron chi connectivity index (χ4n) is 4.76. The maximum atomic E-state index is 13.7. The third-order valence-corrected chi connectivity index (χ3v) is 6.89. The van der Waals surface area contributed by atoms with Gasteiger partial charge in [0, 0.05) is 31.1 Å². The topological polar surface area (TPSA) is 94.5 Å². The fraction of sp³-hybridized carbons (Fsp3) is 0.400. The summed E-state index contributed by atoms with van der Waals surface area (Å²) in [7, 11) is 0. The van der Waals surface area contributed by atoms with Crippen molar-refractivity contribution in [1.82, 2.24) is 15.0 Å². The summed E-state index contributed by atoms with van der Waals surface area (Å²) in [5.41, 5.74) is 6.56. The average molecular weight is 504 g/mol. The number of hydrogen-bond donors (Lipinski definition) is 1. The normalized spacial score (nSPS) is 21.3. The van der Waals surface area contributed by atoms with Crippen LogP contribution in [0, 0.1) is 11.2 Å². The van der Waals surface area contributed by atoms with Gasteiger partial charge in [0.25, 0.3) is 0 Å². The molecule has 1 aromatic heterocycles. The van der Waals surface area contributed by atoms with Gasteiger partial charge in [0.05, 0.1) is 11.3 Å². The number of carbonyl (C=O) groups is 1. The van der Waals surface area contributed by atoms with Gasteiger partial charge in [-0.15, -0.1) is 13.2 Å². The number of benzene rings is 2. The van der Waals surface area contributed by atoms with Crippen molar-refractivity contribution in [3.63, 3.8) is 0 Å². The second kappa shape index (κ2) is 9.20. The van der Waals surface area contributed by atoms with E-state index in [1.165, 1.54) is 24.3 Å². The Balaban J connectivity index is 1.41. The van der Waals surface area contributed by atoms with Crippen molar-refractivity contribution >= 4 is 5.91 Å². The Morgan fingerprint density at radius 3 is 2.50 bits per heavy atom. The van der Waals surface area contributed by atoms with Crippen LogP contribution >= 0.6 is 0 Å². The van der Waals surface area contributed by atoms with E-state index in [2.05, 4.69) is 14.9 Å². The third kappa shape index (κ3) is 5.06.